The van der Waals surface area contributed by atoms with E-state index in [4.69, 9.17) is 0 Å². The summed E-state index contributed by atoms with van der Waals surface area (Å²) in [5.41, 5.74) is 3.21. The quantitative estimate of drug-likeness (QED) is 0.808. The summed E-state index contributed by atoms with van der Waals surface area (Å²) < 4.78 is 0. The van der Waals surface area contributed by atoms with Crippen LogP contribution in [0.5, 0.6) is 0 Å². The van der Waals surface area contributed by atoms with Crippen LogP contribution in [0.4, 0.5) is 5.69 Å². The Kier molecular flexibility index (Phi) is 3.46. The molecule has 17 heavy (non-hydrogen) atoms. The van der Waals surface area contributed by atoms with Gasteiger partial charge in [0.05, 0.1) is 0 Å². The highest BCUT2D eigenvalue weighted by atomic mass is 14.9. The Morgan fingerprint density at radius 1 is 1.29 bits per heavy atom. The summed E-state index contributed by atoms with van der Waals surface area (Å²) in [4.78, 5) is 0. The minimum atomic E-state index is 0.499. The van der Waals surface area contributed by atoms with Gasteiger partial charge in [0.15, 0.2) is 0 Å². The molecule has 1 aromatic rings. The Morgan fingerprint density at radius 2 is 2.06 bits per heavy atom. The minimum absolute atomic E-state index is 0.499. The number of rotatable bonds is 3. The molecule has 2 unspecified atom stereocenters. The summed E-state index contributed by atoms with van der Waals surface area (Å²) in [6.45, 7) is 9.35. The highest BCUT2D eigenvalue weighted by Crippen LogP contribution is 2.42. The SMILES string of the molecule is CCc1cccc(NC2CC(C)(C)CC2C)c1. The first-order chi connectivity index (χ1) is 8.00. The third-order valence-corrected chi connectivity index (χ3v) is 4.02. The second-order valence-electron chi connectivity index (χ2n) is 6.35. The fourth-order valence-electron chi connectivity index (χ4n) is 3.18. The molecule has 1 heteroatoms. The molecule has 1 aliphatic rings. The van der Waals surface area contributed by atoms with Gasteiger partial charge in [0, 0.05) is 11.7 Å². The average Bonchev–Trinajstić information content (AvgIpc) is 2.52. The van der Waals surface area contributed by atoms with Crippen LogP contribution in [-0.4, -0.2) is 6.04 Å². The topological polar surface area (TPSA) is 12.0 Å². The molecule has 0 heterocycles. The molecule has 0 bridgehead atoms. The highest BCUT2D eigenvalue weighted by Gasteiger charge is 2.36. The van der Waals surface area contributed by atoms with Gasteiger partial charge in [-0.1, -0.05) is 39.8 Å². The van der Waals surface area contributed by atoms with Crippen molar-refractivity contribution in [2.24, 2.45) is 11.3 Å². The standard InChI is InChI=1S/C16H25N/c1-5-13-7-6-8-14(9-13)17-15-11-16(3,4)10-12(15)2/h6-9,12,15,17H,5,10-11H2,1-4H3. The number of hydrogen-bond acceptors (Lipinski definition) is 1. The lowest BCUT2D eigenvalue weighted by Crippen LogP contribution is -2.22. The third-order valence-electron chi connectivity index (χ3n) is 4.02. The zero-order chi connectivity index (χ0) is 12.5. The van der Waals surface area contributed by atoms with Gasteiger partial charge in [-0.25, -0.2) is 0 Å². The van der Waals surface area contributed by atoms with E-state index < -0.39 is 0 Å². The van der Waals surface area contributed by atoms with Crippen LogP contribution in [-0.2, 0) is 6.42 Å². The second kappa shape index (κ2) is 4.72. The van der Waals surface area contributed by atoms with Crippen LogP contribution in [0.1, 0.15) is 46.1 Å². The number of aryl methyl sites for hydroxylation is 1. The Bertz CT molecular complexity index is 381. The fourth-order valence-corrected chi connectivity index (χ4v) is 3.18. The molecule has 1 nitrogen and oxygen atoms in total. The van der Waals surface area contributed by atoms with Gasteiger partial charge in [0.1, 0.15) is 0 Å². The maximum absolute atomic E-state index is 3.72. The van der Waals surface area contributed by atoms with E-state index in [-0.39, 0.29) is 0 Å². The van der Waals surface area contributed by atoms with Crippen LogP contribution in [0, 0.1) is 11.3 Å². The zero-order valence-electron chi connectivity index (χ0n) is 11.6. The summed E-state index contributed by atoms with van der Waals surface area (Å²) >= 11 is 0. The predicted molar refractivity (Wildman–Crippen MR) is 75.4 cm³/mol. The highest BCUT2D eigenvalue weighted by molar-refractivity contribution is 5.47. The molecule has 2 rings (SSSR count). The molecular weight excluding hydrogens is 206 g/mol. The summed E-state index contributed by atoms with van der Waals surface area (Å²) in [6, 6.07) is 9.48. The molecule has 0 spiro atoms. The third kappa shape index (κ3) is 3.02. The Morgan fingerprint density at radius 3 is 2.65 bits per heavy atom. The monoisotopic (exact) mass is 231 g/mol. The van der Waals surface area contributed by atoms with Crippen molar-refractivity contribution in [1.29, 1.82) is 0 Å². The van der Waals surface area contributed by atoms with Crippen molar-refractivity contribution >= 4 is 5.69 Å². The first kappa shape index (κ1) is 12.5. The first-order valence-corrected chi connectivity index (χ1v) is 6.85. The van der Waals surface area contributed by atoms with Crippen molar-refractivity contribution in [3.63, 3.8) is 0 Å². The number of hydrogen-bond donors (Lipinski definition) is 1. The van der Waals surface area contributed by atoms with E-state index in [9.17, 15) is 0 Å². The van der Waals surface area contributed by atoms with E-state index in [0.29, 0.717) is 11.5 Å². The van der Waals surface area contributed by atoms with E-state index in [1.807, 2.05) is 0 Å². The maximum atomic E-state index is 3.72. The van der Waals surface area contributed by atoms with Crippen molar-refractivity contribution in [2.45, 2.75) is 53.0 Å². The Balaban J connectivity index is 2.06. The molecule has 0 aromatic heterocycles. The number of anilines is 1. The molecule has 1 N–H and O–H groups in total. The molecule has 0 aliphatic heterocycles. The van der Waals surface area contributed by atoms with Crippen LogP contribution in [0.25, 0.3) is 0 Å². The molecule has 0 radical (unpaired) electrons. The van der Waals surface area contributed by atoms with Crippen LogP contribution in [0.15, 0.2) is 24.3 Å². The smallest absolute Gasteiger partial charge is 0.0345 e. The Labute approximate surface area is 106 Å². The molecule has 1 aliphatic carbocycles. The molecule has 0 saturated heterocycles. The fraction of sp³-hybridized carbons (Fsp3) is 0.625. The minimum Gasteiger partial charge on any atom is -0.382 e. The van der Waals surface area contributed by atoms with Gasteiger partial charge in [-0.3, -0.25) is 0 Å². The van der Waals surface area contributed by atoms with E-state index in [2.05, 4.69) is 57.3 Å². The van der Waals surface area contributed by atoms with Crippen molar-refractivity contribution in [3.8, 4) is 0 Å². The molecular formula is C16H25N. The van der Waals surface area contributed by atoms with Gasteiger partial charge in [-0.05, 0) is 48.3 Å². The molecule has 94 valence electrons. The van der Waals surface area contributed by atoms with E-state index in [1.165, 1.54) is 24.1 Å². The van der Waals surface area contributed by atoms with Gasteiger partial charge < -0.3 is 5.32 Å². The van der Waals surface area contributed by atoms with Gasteiger partial charge in [0.25, 0.3) is 0 Å². The summed E-state index contributed by atoms with van der Waals surface area (Å²) in [5, 5.41) is 3.72. The lowest BCUT2D eigenvalue weighted by Gasteiger charge is -2.20. The lowest BCUT2D eigenvalue weighted by atomic mass is 9.91. The van der Waals surface area contributed by atoms with Crippen molar-refractivity contribution in [3.05, 3.63) is 29.8 Å². The van der Waals surface area contributed by atoms with Crippen molar-refractivity contribution in [2.75, 3.05) is 5.32 Å². The average molecular weight is 231 g/mol. The molecule has 2 atom stereocenters. The second-order valence-corrected chi connectivity index (χ2v) is 6.35. The van der Waals surface area contributed by atoms with Crippen LogP contribution >= 0.6 is 0 Å². The zero-order valence-corrected chi connectivity index (χ0v) is 11.6. The predicted octanol–water partition coefficient (Wildman–Crippen LogP) is 4.49. The van der Waals surface area contributed by atoms with Crippen LogP contribution in [0.2, 0.25) is 0 Å². The molecule has 1 fully saturated rings. The summed E-state index contributed by atoms with van der Waals surface area (Å²) in [6.07, 6.45) is 3.73. The lowest BCUT2D eigenvalue weighted by molar-refractivity contribution is 0.366. The number of benzene rings is 1. The van der Waals surface area contributed by atoms with E-state index in [1.54, 1.807) is 0 Å². The van der Waals surface area contributed by atoms with E-state index >= 15 is 0 Å². The van der Waals surface area contributed by atoms with E-state index in [0.717, 1.165) is 12.3 Å². The van der Waals surface area contributed by atoms with Gasteiger partial charge in [-0.2, -0.15) is 0 Å². The van der Waals surface area contributed by atoms with Crippen LogP contribution in [0.3, 0.4) is 0 Å². The molecule has 0 amide bonds. The normalized spacial score (nSPS) is 27.1. The summed E-state index contributed by atoms with van der Waals surface area (Å²) in [5.74, 6) is 0.773. The van der Waals surface area contributed by atoms with Gasteiger partial charge in [-0.15, -0.1) is 0 Å². The van der Waals surface area contributed by atoms with Gasteiger partial charge in [0.2, 0.25) is 0 Å². The van der Waals surface area contributed by atoms with Crippen molar-refractivity contribution in [1.82, 2.24) is 0 Å². The summed E-state index contributed by atoms with van der Waals surface area (Å²) in [7, 11) is 0. The van der Waals surface area contributed by atoms with Crippen LogP contribution < -0.4 is 5.32 Å². The first-order valence-electron chi connectivity index (χ1n) is 6.85. The van der Waals surface area contributed by atoms with Crippen molar-refractivity contribution < 1.29 is 0 Å². The molecule has 1 saturated carbocycles. The van der Waals surface area contributed by atoms with Gasteiger partial charge >= 0.3 is 0 Å². The Hall–Kier alpha value is -0.980. The maximum Gasteiger partial charge on any atom is 0.0345 e. The molecule has 1 aromatic carbocycles. The largest absolute Gasteiger partial charge is 0.382 e. The number of nitrogens with one attached hydrogen (secondary N) is 1.